The van der Waals surface area contributed by atoms with Crippen LogP contribution in [-0.2, 0) is 0 Å². The van der Waals surface area contributed by atoms with Gasteiger partial charge >= 0.3 is 0 Å². The fourth-order valence-electron chi connectivity index (χ4n) is 1.87. The van der Waals surface area contributed by atoms with E-state index in [4.69, 9.17) is 5.73 Å². The average Bonchev–Trinajstić information content (AvgIpc) is 2.30. The number of hydrogen-bond acceptors (Lipinski definition) is 1. The van der Waals surface area contributed by atoms with Crippen molar-refractivity contribution in [2.24, 2.45) is 11.7 Å². The van der Waals surface area contributed by atoms with Crippen molar-refractivity contribution >= 4 is 12.4 Å². The Labute approximate surface area is 80.3 Å². The molecule has 12 heavy (non-hydrogen) atoms. The first-order valence-corrected chi connectivity index (χ1v) is 4.68. The minimum atomic E-state index is -0.743. The molecule has 0 saturated heterocycles. The first kappa shape index (κ1) is 12.2. The predicted molar refractivity (Wildman–Crippen MR) is 52.4 cm³/mol. The minimum Gasteiger partial charge on any atom is -0.328 e. The van der Waals surface area contributed by atoms with Crippen LogP contribution >= 0.6 is 12.4 Å². The lowest BCUT2D eigenvalue weighted by Crippen LogP contribution is -2.24. The third-order valence-electron chi connectivity index (χ3n) is 2.64. The molecule has 1 unspecified atom stereocenters. The zero-order valence-electron chi connectivity index (χ0n) is 7.47. The van der Waals surface area contributed by atoms with Crippen LogP contribution in [0.15, 0.2) is 0 Å². The average molecular weight is 196 g/mol. The molecule has 2 N–H and O–H groups in total. The second kappa shape index (κ2) is 6.67. The molecule has 1 rings (SSSR count). The predicted octanol–water partition coefficient (Wildman–Crippen LogP) is 2.68. The molecule has 0 heterocycles. The van der Waals surface area contributed by atoms with Crippen LogP contribution in [0.2, 0.25) is 0 Å². The van der Waals surface area contributed by atoms with Gasteiger partial charge in [0, 0.05) is 6.54 Å². The Kier molecular flexibility index (Phi) is 6.77. The van der Waals surface area contributed by atoms with Crippen molar-refractivity contribution in [1.82, 2.24) is 0 Å². The van der Waals surface area contributed by atoms with E-state index in [0.29, 0.717) is 0 Å². The van der Waals surface area contributed by atoms with Gasteiger partial charge in [-0.05, 0) is 18.8 Å². The topological polar surface area (TPSA) is 26.0 Å². The zero-order valence-corrected chi connectivity index (χ0v) is 8.28. The monoisotopic (exact) mass is 195 g/mol. The smallest absolute Gasteiger partial charge is 0.115 e. The van der Waals surface area contributed by atoms with E-state index in [-0.39, 0.29) is 24.9 Å². The third-order valence-corrected chi connectivity index (χ3v) is 2.64. The van der Waals surface area contributed by atoms with Crippen molar-refractivity contribution < 1.29 is 4.39 Å². The summed E-state index contributed by atoms with van der Waals surface area (Å²) in [5.41, 5.74) is 5.28. The molecule has 0 aromatic carbocycles. The number of hydrogen-bond donors (Lipinski definition) is 1. The molecule has 0 aliphatic heterocycles. The molecule has 1 atom stereocenters. The fraction of sp³-hybridized carbons (Fsp3) is 1.00. The molecule has 0 radical (unpaired) electrons. The highest BCUT2D eigenvalue weighted by molar-refractivity contribution is 5.85. The SMILES string of the molecule is Cl.NCC(F)C1CCCCCC1. The van der Waals surface area contributed by atoms with Crippen LogP contribution in [0.3, 0.4) is 0 Å². The summed E-state index contributed by atoms with van der Waals surface area (Å²) in [6.45, 7) is 0.213. The number of halogens is 2. The van der Waals surface area contributed by atoms with Crippen LogP contribution in [-0.4, -0.2) is 12.7 Å². The van der Waals surface area contributed by atoms with E-state index in [1.807, 2.05) is 0 Å². The van der Waals surface area contributed by atoms with Crippen LogP contribution in [0, 0.1) is 5.92 Å². The highest BCUT2D eigenvalue weighted by Crippen LogP contribution is 2.26. The summed E-state index contributed by atoms with van der Waals surface area (Å²) in [7, 11) is 0. The molecule has 1 nitrogen and oxygen atoms in total. The lowest BCUT2D eigenvalue weighted by Gasteiger charge is -2.16. The molecule has 0 aromatic heterocycles. The van der Waals surface area contributed by atoms with E-state index < -0.39 is 6.17 Å². The Balaban J connectivity index is 0.00000121. The van der Waals surface area contributed by atoms with Gasteiger partial charge in [0.15, 0.2) is 0 Å². The summed E-state index contributed by atoms with van der Waals surface area (Å²) in [4.78, 5) is 0. The maximum atomic E-state index is 13.1. The highest BCUT2D eigenvalue weighted by atomic mass is 35.5. The maximum absolute atomic E-state index is 13.1. The Hall–Kier alpha value is 0.180. The van der Waals surface area contributed by atoms with E-state index >= 15 is 0 Å². The van der Waals surface area contributed by atoms with E-state index in [9.17, 15) is 4.39 Å². The summed E-state index contributed by atoms with van der Waals surface area (Å²) in [6.07, 6.45) is 6.34. The summed E-state index contributed by atoms with van der Waals surface area (Å²) in [5, 5.41) is 0. The van der Waals surface area contributed by atoms with Crippen molar-refractivity contribution in [3.8, 4) is 0 Å². The Morgan fingerprint density at radius 1 is 1.17 bits per heavy atom. The van der Waals surface area contributed by atoms with E-state index in [1.165, 1.54) is 25.7 Å². The van der Waals surface area contributed by atoms with Crippen LogP contribution in [0.25, 0.3) is 0 Å². The van der Waals surface area contributed by atoms with Gasteiger partial charge in [-0.3, -0.25) is 0 Å². The van der Waals surface area contributed by atoms with Gasteiger partial charge in [0.25, 0.3) is 0 Å². The maximum Gasteiger partial charge on any atom is 0.115 e. The molecule has 0 bridgehead atoms. The Morgan fingerprint density at radius 2 is 1.67 bits per heavy atom. The number of rotatable bonds is 2. The van der Waals surface area contributed by atoms with Crippen LogP contribution < -0.4 is 5.73 Å². The van der Waals surface area contributed by atoms with E-state index in [1.54, 1.807) is 0 Å². The second-order valence-electron chi connectivity index (χ2n) is 3.50. The van der Waals surface area contributed by atoms with Crippen LogP contribution in [0.5, 0.6) is 0 Å². The van der Waals surface area contributed by atoms with Crippen molar-refractivity contribution in [2.45, 2.75) is 44.7 Å². The molecule has 74 valence electrons. The van der Waals surface area contributed by atoms with Crippen molar-refractivity contribution in [3.05, 3.63) is 0 Å². The highest BCUT2D eigenvalue weighted by Gasteiger charge is 2.20. The van der Waals surface area contributed by atoms with Gasteiger partial charge in [0.1, 0.15) is 6.17 Å². The molecule has 1 saturated carbocycles. The lowest BCUT2D eigenvalue weighted by molar-refractivity contribution is 0.215. The largest absolute Gasteiger partial charge is 0.328 e. The molecule has 0 amide bonds. The fourth-order valence-corrected chi connectivity index (χ4v) is 1.87. The molecule has 1 aliphatic carbocycles. The van der Waals surface area contributed by atoms with Crippen LogP contribution in [0.1, 0.15) is 38.5 Å². The molecule has 1 fully saturated rings. The first-order valence-electron chi connectivity index (χ1n) is 4.68. The first-order chi connectivity index (χ1) is 5.34. The Morgan fingerprint density at radius 3 is 2.08 bits per heavy atom. The number of nitrogens with two attached hydrogens (primary N) is 1. The van der Waals surface area contributed by atoms with Gasteiger partial charge < -0.3 is 5.73 Å². The molecule has 3 heteroatoms. The third kappa shape index (κ3) is 3.72. The Bertz CT molecular complexity index is 103. The van der Waals surface area contributed by atoms with Gasteiger partial charge in [-0.1, -0.05) is 25.7 Å². The standard InChI is InChI=1S/C9H18FN.ClH/c10-9(7-11)8-5-3-1-2-4-6-8;/h8-9H,1-7,11H2;1H. The molecule has 0 aromatic rings. The summed E-state index contributed by atoms with van der Waals surface area (Å²) >= 11 is 0. The minimum absolute atomic E-state index is 0. The van der Waals surface area contributed by atoms with E-state index in [2.05, 4.69) is 0 Å². The summed E-state index contributed by atoms with van der Waals surface area (Å²) < 4.78 is 13.1. The van der Waals surface area contributed by atoms with Gasteiger partial charge in [0.2, 0.25) is 0 Å². The summed E-state index contributed by atoms with van der Waals surface area (Å²) in [6, 6.07) is 0. The van der Waals surface area contributed by atoms with E-state index in [0.717, 1.165) is 12.8 Å². The zero-order chi connectivity index (χ0) is 8.10. The van der Waals surface area contributed by atoms with Gasteiger partial charge in [-0.25, -0.2) is 4.39 Å². The lowest BCUT2D eigenvalue weighted by atomic mass is 9.95. The van der Waals surface area contributed by atoms with Gasteiger partial charge in [-0.15, -0.1) is 12.4 Å². The van der Waals surface area contributed by atoms with Crippen molar-refractivity contribution in [2.75, 3.05) is 6.54 Å². The summed E-state index contributed by atoms with van der Waals surface area (Å²) in [5.74, 6) is 0.266. The van der Waals surface area contributed by atoms with Crippen molar-refractivity contribution in [3.63, 3.8) is 0 Å². The molecule has 1 aliphatic rings. The quantitative estimate of drug-likeness (QED) is 0.674. The second-order valence-corrected chi connectivity index (χ2v) is 3.50. The van der Waals surface area contributed by atoms with Crippen molar-refractivity contribution in [1.29, 1.82) is 0 Å². The molecular formula is C9H19ClFN. The normalized spacial score (nSPS) is 22.5. The van der Waals surface area contributed by atoms with Crippen LogP contribution in [0.4, 0.5) is 4.39 Å². The number of alkyl halides is 1. The molecular weight excluding hydrogens is 177 g/mol. The molecule has 0 spiro atoms. The van der Waals surface area contributed by atoms with Gasteiger partial charge in [-0.2, -0.15) is 0 Å². The van der Waals surface area contributed by atoms with Gasteiger partial charge in [0.05, 0.1) is 0 Å².